The summed E-state index contributed by atoms with van der Waals surface area (Å²) < 4.78 is 29.6. The Kier molecular flexibility index (Phi) is 5.46. The minimum atomic E-state index is -3.05. The third-order valence-electron chi connectivity index (χ3n) is 3.40. The molecule has 0 unspecified atom stereocenters. The monoisotopic (exact) mass is 390 g/mol. The van der Waals surface area contributed by atoms with Crippen LogP contribution in [-0.4, -0.2) is 62.6 Å². The van der Waals surface area contributed by atoms with Crippen LogP contribution in [0.15, 0.2) is 28.7 Å². The predicted molar refractivity (Wildman–Crippen MR) is 87.2 cm³/mol. The number of benzene rings is 1. The van der Waals surface area contributed by atoms with Gasteiger partial charge < -0.3 is 4.74 Å². The normalized spacial score (nSPS) is 20.1. The minimum absolute atomic E-state index is 0.00774. The maximum atomic E-state index is 12.4. The lowest BCUT2D eigenvalue weighted by Gasteiger charge is -2.33. The molecule has 122 valence electrons. The molecule has 0 aromatic heterocycles. The highest BCUT2D eigenvalue weighted by Crippen LogP contribution is 2.20. The summed E-state index contributed by atoms with van der Waals surface area (Å²) in [5, 5.41) is 3.10. The van der Waals surface area contributed by atoms with Gasteiger partial charge in [0.1, 0.15) is 5.75 Å². The second-order valence-electron chi connectivity index (χ2n) is 5.39. The van der Waals surface area contributed by atoms with Gasteiger partial charge in [0.15, 0.2) is 16.4 Å². The predicted octanol–water partition coefficient (Wildman–Crippen LogP) is 1.32. The topological polar surface area (TPSA) is 66.9 Å². The summed E-state index contributed by atoms with van der Waals surface area (Å²) >= 11 is 3.34. The fraction of sp³-hybridized carbons (Fsp3) is 0.500. The molecule has 0 aliphatic carbocycles. The van der Waals surface area contributed by atoms with Gasteiger partial charge >= 0.3 is 0 Å². The van der Waals surface area contributed by atoms with E-state index in [1.165, 1.54) is 5.01 Å². The van der Waals surface area contributed by atoms with Crippen LogP contribution in [0.3, 0.4) is 0 Å². The lowest BCUT2D eigenvalue weighted by molar-refractivity contribution is -0.151. The van der Waals surface area contributed by atoms with E-state index in [4.69, 9.17) is 4.74 Å². The van der Waals surface area contributed by atoms with Crippen molar-refractivity contribution in [2.45, 2.75) is 12.5 Å². The maximum absolute atomic E-state index is 12.4. The molecule has 1 amide bonds. The molecule has 1 aromatic rings. The van der Waals surface area contributed by atoms with Crippen molar-refractivity contribution in [3.05, 3.63) is 28.7 Å². The van der Waals surface area contributed by atoms with Gasteiger partial charge in [0.05, 0.1) is 17.5 Å². The first-order chi connectivity index (χ1) is 10.3. The van der Waals surface area contributed by atoms with Crippen LogP contribution in [0.2, 0.25) is 0 Å². The van der Waals surface area contributed by atoms with Gasteiger partial charge in [-0.25, -0.2) is 13.4 Å². The van der Waals surface area contributed by atoms with Crippen molar-refractivity contribution in [3.63, 3.8) is 0 Å². The Labute approximate surface area is 139 Å². The van der Waals surface area contributed by atoms with Crippen molar-refractivity contribution in [2.75, 3.05) is 32.2 Å². The average molecular weight is 391 g/mol. The minimum Gasteiger partial charge on any atom is -0.484 e. The number of rotatable bonds is 5. The summed E-state index contributed by atoms with van der Waals surface area (Å²) in [7, 11) is 0.400. The zero-order valence-corrected chi connectivity index (χ0v) is 14.9. The van der Waals surface area contributed by atoms with Crippen molar-refractivity contribution in [1.29, 1.82) is 0 Å². The standard InChI is InChI=1S/C14H19BrN2O4S/c1-16(2)17(12-6-7-22(19,20)10-12)14(18)9-21-13-5-3-4-11(15)8-13/h3-5,8,12H,6-7,9-10H2,1-2H3/t12-/m1/s1. The van der Waals surface area contributed by atoms with Crippen molar-refractivity contribution in [3.8, 4) is 5.75 Å². The maximum Gasteiger partial charge on any atom is 0.275 e. The van der Waals surface area contributed by atoms with Gasteiger partial charge in [-0.1, -0.05) is 22.0 Å². The largest absolute Gasteiger partial charge is 0.484 e. The molecule has 1 aliphatic rings. The first-order valence-electron chi connectivity index (χ1n) is 6.86. The SMILES string of the molecule is CN(C)N(C(=O)COc1cccc(Br)c1)[C@@H]1CCS(=O)(=O)C1. The molecule has 1 saturated heterocycles. The molecule has 6 nitrogen and oxygen atoms in total. The van der Waals surface area contributed by atoms with Crippen LogP contribution in [0.25, 0.3) is 0 Å². The molecule has 1 fully saturated rings. The van der Waals surface area contributed by atoms with E-state index in [0.717, 1.165) is 4.47 Å². The molecule has 0 radical (unpaired) electrons. The van der Waals surface area contributed by atoms with Crippen LogP contribution < -0.4 is 4.74 Å². The highest BCUT2D eigenvalue weighted by molar-refractivity contribution is 9.10. The number of hydrogen-bond donors (Lipinski definition) is 0. The molecule has 1 atom stereocenters. The van der Waals surface area contributed by atoms with E-state index in [1.807, 2.05) is 12.1 Å². The van der Waals surface area contributed by atoms with Crippen LogP contribution in [0.5, 0.6) is 5.75 Å². The van der Waals surface area contributed by atoms with E-state index < -0.39 is 9.84 Å². The van der Waals surface area contributed by atoms with Crippen LogP contribution in [-0.2, 0) is 14.6 Å². The van der Waals surface area contributed by atoms with Gasteiger partial charge in [-0.2, -0.15) is 0 Å². The van der Waals surface area contributed by atoms with E-state index in [1.54, 1.807) is 31.2 Å². The molecule has 0 bridgehead atoms. The lowest BCUT2D eigenvalue weighted by atomic mass is 10.2. The Morgan fingerprint density at radius 2 is 2.14 bits per heavy atom. The molecule has 0 spiro atoms. The number of carbonyl (C=O) groups is 1. The lowest BCUT2D eigenvalue weighted by Crippen LogP contribution is -2.51. The average Bonchev–Trinajstić information content (AvgIpc) is 2.76. The Morgan fingerprint density at radius 1 is 1.41 bits per heavy atom. The van der Waals surface area contributed by atoms with E-state index >= 15 is 0 Å². The van der Waals surface area contributed by atoms with Crippen molar-refractivity contribution >= 4 is 31.7 Å². The second-order valence-corrected chi connectivity index (χ2v) is 8.53. The van der Waals surface area contributed by atoms with Crippen molar-refractivity contribution in [1.82, 2.24) is 10.0 Å². The van der Waals surface area contributed by atoms with Gasteiger partial charge in [-0.15, -0.1) is 0 Å². The van der Waals surface area contributed by atoms with Crippen LogP contribution >= 0.6 is 15.9 Å². The van der Waals surface area contributed by atoms with E-state index in [-0.39, 0.29) is 30.1 Å². The molecule has 22 heavy (non-hydrogen) atoms. The Balaban J connectivity index is 2.01. The van der Waals surface area contributed by atoms with Gasteiger partial charge in [-0.05, 0) is 24.6 Å². The van der Waals surface area contributed by atoms with Gasteiger partial charge in [0.2, 0.25) is 0 Å². The summed E-state index contributed by atoms with van der Waals surface area (Å²) in [5.74, 6) is 0.461. The number of ether oxygens (including phenoxy) is 1. The van der Waals surface area contributed by atoms with E-state index in [2.05, 4.69) is 15.9 Å². The van der Waals surface area contributed by atoms with Gasteiger partial charge in [0, 0.05) is 18.6 Å². The highest BCUT2D eigenvalue weighted by Gasteiger charge is 2.36. The molecule has 2 rings (SSSR count). The number of nitrogens with zero attached hydrogens (tertiary/aromatic N) is 2. The molecule has 0 saturated carbocycles. The number of sulfone groups is 1. The first kappa shape index (κ1) is 17.2. The molecular formula is C14H19BrN2O4S. The molecule has 1 aromatic carbocycles. The summed E-state index contributed by atoms with van der Waals surface area (Å²) in [5.41, 5.74) is 0. The molecule has 8 heteroatoms. The quantitative estimate of drug-likeness (QED) is 0.709. The Morgan fingerprint density at radius 3 is 2.68 bits per heavy atom. The number of hydrazine groups is 1. The van der Waals surface area contributed by atoms with Gasteiger partial charge in [-0.3, -0.25) is 9.80 Å². The Bertz CT molecular complexity index is 648. The van der Waals surface area contributed by atoms with Crippen molar-refractivity contribution in [2.24, 2.45) is 0 Å². The first-order valence-corrected chi connectivity index (χ1v) is 9.48. The van der Waals surface area contributed by atoms with Crippen LogP contribution in [0.4, 0.5) is 0 Å². The van der Waals surface area contributed by atoms with Crippen LogP contribution in [0.1, 0.15) is 6.42 Å². The zero-order chi connectivity index (χ0) is 16.3. The fourth-order valence-electron chi connectivity index (χ4n) is 2.49. The second kappa shape index (κ2) is 6.97. The number of hydrogen-bond acceptors (Lipinski definition) is 5. The number of halogens is 1. The van der Waals surface area contributed by atoms with Crippen LogP contribution in [0, 0.1) is 0 Å². The Hall–Kier alpha value is -1.12. The number of amides is 1. The van der Waals surface area contributed by atoms with E-state index in [0.29, 0.717) is 12.2 Å². The molecule has 0 N–H and O–H groups in total. The summed E-state index contributed by atoms with van der Waals surface area (Å²) in [4.78, 5) is 12.4. The summed E-state index contributed by atoms with van der Waals surface area (Å²) in [6, 6.07) is 6.89. The third-order valence-corrected chi connectivity index (χ3v) is 5.64. The van der Waals surface area contributed by atoms with Crippen molar-refractivity contribution < 1.29 is 17.9 Å². The smallest absolute Gasteiger partial charge is 0.275 e. The summed E-state index contributed by atoms with van der Waals surface area (Å²) in [6.07, 6.45) is 0.461. The van der Waals surface area contributed by atoms with E-state index in [9.17, 15) is 13.2 Å². The molecular weight excluding hydrogens is 372 g/mol. The molecule has 1 aliphatic heterocycles. The highest BCUT2D eigenvalue weighted by atomic mass is 79.9. The van der Waals surface area contributed by atoms with Gasteiger partial charge in [0.25, 0.3) is 5.91 Å². The third kappa shape index (κ3) is 4.44. The number of carbonyl (C=O) groups excluding carboxylic acids is 1. The molecule has 1 heterocycles. The fourth-order valence-corrected chi connectivity index (χ4v) is 4.56. The summed E-state index contributed by atoms with van der Waals surface area (Å²) in [6.45, 7) is -0.134. The zero-order valence-electron chi connectivity index (χ0n) is 12.5.